The Morgan fingerprint density at radius 3 is 3.00 bits per heavy atom. The fourth-order valence-electron chi connectivity index (χ4n) is 2.82. The first-order chi connectivity index (χ1) is 13.0. The molecule has 9 nitrogen and oxygen atoms in total. The number of nitrogens with one attached hydrogen (secondary N) is 2. The summed E-state index contributed by atoms with van der Waals surface area (Å²) in [5.74, 6) is -0.176. The number of hydrogen-bond donors (Lipinski definition) is 2. The molecule has 138 valence electrons. The number of H-pyrrole nitrogens is 1. The minimum Gasteiger partial charge on any atom is -0.361 e. The number of amides is 2. The molecule has 3 aromatic rings. The number of thiazole rings is 1. The molecule has 0 saturated carbocycles. The monoisotopic (exact) mass is 385 g/mol. The number of hydrogen-bond acceptors (Lipinski definition) is 7. The van der Waals surface area contributed by atoms with Crippen LogP contribution in [0.15, 0.2) is 33.7 Å². The SMILES string of the molecule is Cc1cc(C(=O)Nc2nc3c(s2)CN(C(=O)c2ccc[nH]c2=O)CC3)no1. The lowest BCUT2D eigenvalue weighted by molar-refractivity contribution is 0.0734. The van der Waals surface area contributed by atoms with Gasteiger partial charge in [-0.25, -0.2) is 4.98 Å². The molecule has 0 spiro atoms. The Hall–Kier alpha value is -3.27. The molecule has 0 fully saturated rings. The number of pyridine rings is 1. The van der Waals surface area contributed by atoms with E-state index in [1.807, 2.05) is 0 Å². The van der Waals surface area contributed by atoms with Crippen molar-refractivity contribution in [3.05, 3.63) is 62.3 Å². The van der Waals surface area contributed by atoms with Crippen LogP contribution in [0.5, 0.6) is 0 Å². The molecule has 0 radical (unpaired) electrons. The van der Waals surface area contributed by atoms with Crippen molar-refractivity contribution in [2.75, 3.05) is 11.9 Å². The first-order valence-corrected chi connectivity index (χ1v) is 9.03. The molecule has 1 aliphatic rings. The number of nitrogens with zero attached hydrogens (tertiary/aromatic N) is 3. The predicted molar refractivity (Wildman–Crippen MR) is 96.8 cm³/mol. The molecular weight excluding hydrogens is 370 g/mol. The van der Waals surface area contributed by atoms with E-state index in [-0.39, 0.29) is 17.2 Å². The van der Waals surface area contributed by atoms with Crippen molar-refractivity contribution in [3.63, 3.8) is 0 Å². The van der Waals surface area contributed by atoms with E-state index in [0.717, 1.165) is 10.6 Å². The Morgan fingerprint density at radius 1 is 1.41 bits per heavy atom. The largest absolute Gasteiger partial charge is 0.361 e. The molecule has 0 bridgehead atoms. The number of rotatable bonds is 3. The van der Waals surface area contributed by atoms with Crippen LogP contribution in [-0.2, 0) is 13.0 Å². The second-order valence-electron chi connectivity index (χ2n) is 6.06. The first kappa shape index (κ1) is 17.2. The summed E-state index contributed by atoms with van der Waals surface area (Å²) < 4.78 is 4.90. The average Bonchev–Trinajstić information content (AvgIpc) is 3.26. The highest BCUT2D eigenvalue weighted by molar-refractivity contribution is 7.15. The van der Waals surface area contributed by atoms with Gasteiger partial charge in [0.1, 0.15) is 11.3 Å². The topological polar surface area (TPSA) is 121 Å². The van der Waals surface area contributed by atoms with Crippen molar-refractivity contribution in [3.8, 4) is 0 Å². The van der Waals surface area contributed by atoms with E-state index >= 15 is 0 Å². The molecule has 0 saturated heterocycles. The Morgan fingerprint density at radius 2 is 2.26 bits per heavy atom. The number of fused-ring (bicyclic) bond motifs is 1. The third-order valence-corrected chi connectivity index (χ3v) is 5.15. The number of carbonyl (C=O) groups excluding carboxylic acids is 2. The zero-order valence-electron chi connectivity index (χ0n) is 14.3. The molecule has 0 aliphatic carbocycles. The van der Waals surface area contributed by atoms with Crippen molar-refractivity contribution >= 4 is 28.3 Å². The van der Waals surface area contributed by atoms with Crippen LogP contribution in [0, 0.1) is 6.92 Å². The number of aryl methyl sites for hydroxylation is 1. The van der Waals surface area contributed by atoms with Crippen LogP contribution in [0.4, 0.5) is 5.13 Å². The first-order valence-electron chi connectivity index (χ1n) is 8.21. The summed E-state index contributed by atoms with van der Waals surface area (Å²) in [5.41, 5.74) is 0.729. The third-order valence-electron chi connectivity index (χ3n) is 4.15. The van der Waals surface area contributed by atoms with Gasteiger partial charge in [-0.05, 0) is 19.1 Å². The van der Waals surface area contributed by atoms with Crippen molar-refractivity contribution in [1.82, 2.24) is 20.0 Å². The highest BCUT2D eigenvalue weighted by Crippen LogP contribution is 2.29. The minimum atomic E-state index is -0.409. The maximum Gasteiger partial charge on any atom is 0.279 e. The van der Waals surface area contributed by atoms with E-state index < -0.39 is 11.5 Å². The van der Waals surface area contributed by atoms with Gasteiger partial charge in [0.25, 0.3) is 17.4 Å². The van der Waals surface area contributed by atoms with Crippen LogP contribution in [-0.4, -0.2) is 38.4 Å². The zero-order valence-corrected chi connectivity index (χ0v) is 15.1. The molecule has 27 heavy (non-hydrogen) atoms. The standard InChI is InChI=1S/C17H15N5O4S/c1-9-7-12(21-26-9)15(24)20-17-19-11-4-6-22(8-13(11)27-17)16(25)10-3-2-5-18-14(10)23/h2-3,5,7H,4,6,8H2,1H3,(H,18,23)(H,19,20,24). The van der Waals surface area contributed by atoms with E-state index in [4.69, 9.17) is 4.52 Å². The number of carbonyl (C=O) groups is 2. The lowest BCUT2D eigenvalue weighted by Crippen LogP contribution is -2.38. The molecule has 3 aromatic heterocycles. The number of aromatic nitrogens is 3. The second kappa shape index (κ2) is 6.80. The molecule has 4 heterocycles. The molecular formula is C17H15N5O4S. The van der Waals surface area contributed by atoms with E-state index in [1.165, 1.54) is 23.6 Å². The minimum absolute atomic E-state index is 0.111. The van der Waals surface area contributed by atoms with Gasteiger partial charge in [-0.3, -0.25) is 19.7 Å². The summed E-state index contributed by atoms with van der Waals surface area (Å²) in [6.45, 7) is 2.51. The molecule has 0 atom stereocenters. The van der Waals surface area contributed by atoms with E-state index in [2.05, 4.69) is 20.4 Å². The van der Waals surface area contributed by atoms with Crippen LogP contribution >= 0.6 is 11.3 Å². The summed E-state index contributed by atoms with van der Waals surface area (Å²) in [6.07, 6.45) is 2.04. The number of anilines is 1. The van der Waals surface area contributed by atoms with E-state index in [9.17, 15) is 14.4 Å². The average molecular weight is 385 g/mol. The summed E-state index contributed by atoms with van der Waals surface area (Å²) >= 11 is 1.30. The summed E-state index contributed by atoms with van der Waals surface area (Å²) in [5, 5.41) is 6.82. The smallest absolute Gasteiger partial charge is 0.279 e. The fraction of sp³-hybridized carbons (Fsp3) is 0.235. The van der Waals surface area contributed by atoms with Crippen LogP contribution in [0.1, 0.15) is 37.2 Å². The summed E-state index contributed by atoms with van der Waals surface area (Å²) in [7, 11) is 0. The molecule has 0 unspecified atom stereocenters. The Labute approximate surface area is 157 Å². The van der Waals surface area contributed by atoms with Crippen molar-refractivity contribution in [1.29, 1.82) is 0 Å². The van der Waals surface area contributed by atoms with Gasteiger partial charge in [0.15, 0.2) is 10.8 Å². The molecule has 10 heteroatoms. The van der Waals surface area contributed by atoms with Crippen molar-refractivity contribution in [2.45, 2.75) is 19.9 Å². The van der Waals surface area contributed by atoms with Gasteiger partial charge in [0, 0.05) is 30.1 Å². The fourth-order valence-corrected chi connectivity index (χ4v) is 3.84. The van der Waals surface area contributed by atoms with Crippen molar-refractivity contribution < 1.29 is 14.1 Å². The van der Waals surface area contributed by atoms with Gasteiger partial charge in [-0.15, -0.1) is 0 Å². The second-order valence-corrected chi connectivity index (χ2v) is 7.14. The molecule has 0 aromatic carbocycles. The van der Waals surface area contributed by atoms with Gasteiger partial charge in [-0.2, -0.15) is 0 Å². The quantitative estimate of drug-likeness (QED) is 0.706. The highest BCUT2D eigenvalue weighted by Gasteiger charge is 2.26. The van der Waals surface area contributed by atoms with Crippen LogP contribution in [0.3, 0.4) is 0 Å². The van der Waals surface area contributed by atoms with E-state index in [1.54, 1.807) is 24.0 Å². The van der Waals surface area contributed by atoms with Gasteiger partial charge < -0.3 is 14.4 Å². The van der Waals surface area contributed by atoms with Gasteiger partial charge in [0.2, 0.25) is 0 Å². The predicted octanol–water partition coefficient (Wildman–Crippen LogP) is 1.58. The zero-order chi connectivity index (χ0) is 19.0. The van der Waals surface area contributed by atoms with Crippen LogP contribution < -0.4 is 10.9 Å². The normalized spacial score (nSPS) is 13.3. The summed E-state index contributed by atoms with van der Waals surface area (Å²) in [6, 6.07) is 4.67. The lowest BCUT2D eigenvalue weighted by Gasteiger charge is -2.25. The third kappa shape index (κ3) is 3.38. The Kier molecular flexibility index (Phi) is 4.32. The highest BCUT2D eigenvalue weighted by atomic mass is 32.1. The Bertz CT molecular complexity index is 1080. The molecule has 2 amide bonds. The lowest BCUT2D eigenvalue weighted by atomic mass is 10.1. The molecule has 4 rings (SSSR count). The number of aromatic amines is 1. The van der Waals surface area contributed by atoms with Crippen LogP contribution in [0.2, 0.25) is 0 Å². The van der Waals surface area contributed by atoms with E-state index in [0.29, 0.717) is 30.4 Å². The van der Waals surface area contributed by atoms with Gasteiger partial charge in [-0.1, -0.05) is 16.5 Å². The Balaban J connectivity index is 1.49. The molecule has 1 aliphatic heterocycles. The summed E-state index contributed by atoms with van der Waals surface area (Å²) in [4.78, 5) is 46.0. The van der Waals surface area contributed by atoms with Gasteiger partial charge in [0.05, 0.1) is 12.2 Å². The maximum absolute atomic E-state index is 12.6. The van der Waals surface area contributed by atoms with Crippen LogP contribution in [0.25, 0.3) is 0 Å². The molecule has 2 N–H and O–H groups in total. The van der Waals surface area contributed by atoms with Crippen molar-refractivity contribution in [2.24, 2.45) is 0 Å². The van der Waals surface area contributed by atoms with Gasteiger partial charge >= 0.3 is 0 Å². The maximum atomic E-state index is 12.6.